The number of nitrogen functional groups attached to an aromatic ring is 1. The molecule has 56 valence electrons. The Morgan fingerprint density at radius 2 is 2.09 bits per heavy atom. The zero-order chi connectivity index (χ0) is 7.84. The number of fused-ring (bicyclic) bond motifs is 1. The van der Waals surface area contributed by atoms with Crippen LogP contribution in [0.2, 0.25) is 0 Å². The minimum Gasteiger partial charge on any atom is -0.399 e. The number of rotatable bonds is 0. The molecule has 11 heavy (non-hydrogen) atoms. The van der Waals surface area contributed by atoms with Gasteiger partial charge >= 0.3 is 0 Å². The van der Waals surface area contributed by atoms with Crippen molar-refractivity contribution in [3.8, 4) is 0 Å². The highest BCUT2D eigenvalue weighted by Gasteiger charge is 1.98. The number of hydrogen-bond acceptors (Lipinski definition) is 1. The third-order valence-corrected chi connectivity index (χ3v) is 1.67. The second-order valence-corrected chi connectivity index (χ2v) is 2.45. The van der Waals surface area contributed by atoms with Gasteiger partial charge in [0.15, 0.2) is 0 Å². The predicted octanol–water partition coefficient (Wildman–Crippen LogP) is 1.96. The minimum atomic E-state index is 0.555. The fourth-order valence-electron chi connectivity index (χ4n) is 1.13. The van der Waals surface area contributed by atoms with Crippen LogP contribution in [0.1, 0.15) is 0 Å². The summed E-state index contributed by atoms with van der Waals surface area (Å²) in [6, 6.07) is 6.76. The molecule has 0 spiro atoms. The number of anilines is 1. The topological polar surface area (TPSA) is 30.9 Å². The maximum atomic E-state index is 12.8. The van der Waals surface area contributed by atoms with Gasteiger partial charge in [-0.1, -0.05) is 4.48 Å². The van der Waals surface area contributed by atoms with Crippen molar-refractivity contribution in [2.45, 2.75) is 0 Å². The highest BCUT2D eigenvalue weighted by molar-refractivity contribution is 5.82. The fraction of sp³-hybridized carbons (Fsp3) is 0. The van der Waals surface area contributed by atoms with E-state index in [9.17, 15) is 4.48 Å². The van der Waals surface area contributed by atoms with Gasteiger partial charge in [-0.3, -0.25) is 0 Å². The van der Waals surface area contributed by atoms with E-state index in [-0.39, 0.29) is 0 Å². The summed E-state index contributed by atoms with van der Waals surface area (Å²) in [6.45, 7) is 0. The van der Waals surface area contributed by atoms with Gasteiger partial charge in [0.05, 0.1) is 5.52 Å². The predicted molar refractivity (Wildman–Crippen MR) is 42.9 cm³/mol. The summed E-state index contributed by atoms with van der Waals surface area (Å²) in [5.74, 6) is 0. The molecule has 2 N–H and O–H groups in total. The van der Waals surface area contributed by atoms with Gasteiger partial charge in [-0.15, -0.1) is 0 Å². The smallest absolute Gasteiger partial charge is 0.0814 e. The Bertz CT molecular complexity index is 392. The lowest BCUT2D eigenvalue weighted by Crippen LogP contribution is -1.83. The van der Waals surface area contributed by atoms with E-state index >= 15 is 0 Å². The van der Waals surface area contributed by atoms with Crippen molar-refractivity contribution >= 4 is 16.6 Å². The number of halogens is 1. The van der Waals surface area contributed by atoms with Crippen LogP contribution in [0.15, 0.2) is 30.5 Å². The zero-order valence-electron chi connectivity index (χ0n) is 5.79. The first-order chi connectivity index (χ1) is 5.27. The van der Waals surface area contributed by atoms with E-state index in [1.807, 2.05) is 0 Å². The first kappa shape index (κ1) is 6.22. The van der Waals surface area contributed by atoms with Crippen LogP contribution in [-0.2, 0) is 0 Å². The van der Waals surface area contributed by atoms with Crippen molar-refractivity contribution in [3.05, 3.63) is 30.5 Å². The van der Waals surface area contributed by atoms with E-state index in [2.05, 4.69) is 0 Å². The number of hydrogen-bond donors (Lipinski definition) is 1. The Morgan fingerprint density at radius 1 is 1.27 bits per heavy atom. The van der Waals surface area contributed by atoms with Crippen LogP contribution >= 0.6 is 0 Å². The Kier molecular flexibility index (Phi) is 1.12. The highest BCUT2D eigenvalue weighted by Crippen LogP contribution is 2.18. The molecule has 0 saturated heterocycles. The molecule has 0 aliphatic carbocycles. The lowest BCUT2D eigenvalue weighted by Gasteiger charge is -1.93. The molecule has 1 aromatic carbocycles. The molecule has 0 aliphatic heterocycles. The van der Waals surface area contributed by atoms with E-state index in [0.717, 1.165) is 5.39 Å². The van der Waals surface area contributed by atoms with Crippen molar-refractivity contribution < 1.29 is 4.48 Å². The number of nitrogens with two attached hydrogens (primary N) is 1. The molecule has 0 radical (unpaired) electrons. The Hall–Kier alpha value is -1.51. The van der Waals surface area contributed by atoms with Crippen molar-refractivity contribution in [2.24, 2.45) is 0 Å². The number of benzene rings is 1. The monoisotopic (exact) mass is 150 g/mol. The maximum Gasteiger partial charge on any atom is 0.0814 e. The summed E-state index contributed by atoms with van der Waals surface area (Å²) < 4.78 is 12.8. The molecule has 0 unspecified atom stereocenters. The van der Waals surface area contributed by atoms with Crippen LogP contribution in [-0.4, -0.2) is 4.79 Å². The van der Waals surface area contributed by atoms with Crippen molar-refractivity contribution in [2.75, 3.05) is 5.73 Å². The largest absolute Gasteiger partial charge is 0.399 e. The summed E-state index contributed by atoms with van der Waals surface area (Å²) in [5.41, 5.74) is 6.71. The standard InChI is InChI=1S/C8H7FN2/c9-11-4-3-6-5-7(10)1-2-8(6)11/h1-5H,10H2. The lowest BCUT2D eigenvalue weighted by atomic mass is 10.2. The number of nitrogens with zero attached hydrogens (tertiary/aromatic N) is 1. The van der Waals surface area contributed by atoms with Gasteiger partial charge in [-0.05, 0) is 24.3 Å². The van der Waals surface area contributed by atoms with Crippen LogP contribution in [0.3, 0.4) is 0 Å². The Labute approximate surface area is 63.0 Å². The van der Waals surface area contributed by atoms with Gasteiger partial charge in [0.1, 0.15) is 0 Å². The highest BCUT2D eigenvalue weighted by atomic mass is 19.2. The van der Waals surface area contributed by atoms with Crippen molar-refractivity contribution in [3.63, 3.8) is 0 Å². The molecular weight excluding hydrogens is 143 g/mol. The first-order valence-electron chi connectivity index (χ1n) is 3.30. The number of aromatic nitrogens is 1. The summed E-state index contributed by atoms with van der Waals surface area (Å²) in [4.78, 5) is 0.578. The summed E-state index contributed by atoms with van der Waals surface area (Å²) >= 11 is 0. The van der Waals surface area contributed by atoms with Crippen LogP contribution in [0.5, 0.6) is 0 Å². The fourth-order valence-corrected chi connectivity index (χ4v) is 1.13. The summed E-state index contributed by atoms with van der Waals surface area (Å²) in [5, 5.41) is 0.826. The van der Waals surface area contributed by atoms with Gasteiger partial charge in [0.25, 0.3) is 0 Å². The second kappa shape index (κ2) is 1.99. The zero-order valence-corrected chi connectivity index (χ0v) is 5.79. The molecule has 1 aromatic heterocycles. The minimum absolute atomic E-state index is 0.555. The van der Waals surface area contributed by atoms with E-state index < -0.39 is 0 Å². The average molecular weight is 150 g/mol. The molecule has 0 atom stereocenters. The molecule has 2 aromatic rings. The SMILES string of the molecule is Nc1ccc2c(ccn2F)c1. The third kappa shape index (κ3) is 0.852. The summed E-state index contributed by atoms with van der Waals surface area (Å²) in [7, 11) is 0. The van der Waals surface area contributed by atoms with E-state index in [0.29, 0.717) is 16.0 Å². The molecule has 0 aliphatic rings. The molecule has 3 heteroatoms. The van der Waals surface area contributed by atoms with Crippen LogP contribution in [0, 0.1) is 0 Å². The Balaban J connectivity index is 2.86. The second-order valence-electron chi connectivity index (χ2n) is 2.45. The quantitative estimate of drug-likeness (QED) is 0.572. The molecule has 0 bridgehead atoms. The average Bonchev–Trinajstić information content (AvgIpc) is 2.32. The van der Waals surface area contributed by atoms with E-state index in [1.165, 1.54) is 6.20 Å². The normalized spacial score (nSPS) is 10.6. The molecular formula is C8H7FN2. The van der Waals surface area contributed by atoms with Crippen molar-refractivity contribution in [1.82, 2.24) is 4.79 Å². The third-order valence-electron chi connectivity index (χ3n) is 1.67. The van der Waals surface area contributed by atoms with Gasteiger partial charge < -0.3 is 5.73 Å². The maximum absolute atomic E-state index is 12.8. The van der Waals surface area contributed by atoms with Gasteiger partial charge in [0.2, 0.25) is 0 Å². The van der Waals surface area contributed by atoms with Gasteiger partial charge in [-0.2, -0.15) is 4.79 Å². The molecule has 0 amide bonds. The Morgan fingerprint density at radius 3 is 2.91 bits per heavy atom. The van der Waals surface area contributed by atoms with Crippen LogP contribution < -0.4 is 5.73 Å². The molecule has 2 rings (SSSR count). The summed E-state index contributed by atoms with van der Waals surface area (Å²) in [6.07, 6.45) is 1.37. The molecule has 0 saturated carbocycles. The van der Waals surface area contributed by atoms with Gasteiger partial charge in [-0.25, -0.2) is 0 Å². The molecule has 1 heterocycles. The van der Waals surface area contributed by atoms with Gasteiger partial charge in [0, 0.05) is 17.3 Å². The van der Waals surface area contributed by atoms with Crippen LogP contribution in [0.25, 0.3) is 10.9 Å². The van der Waals surface area contributed by atoms with Crippen LogP contribution in [0.4, 0.5) is 10.2 Å². The first-order valence-corrected chi connectivity index (χ1v) is 3.30. The molecule has 2 nitrogen and oxygen atoms in total. The van der Waals surface area contributed by atoms with E-state index in [4.69, 9.17) is 5.73 Å². The van der Waals surface area contributed by atoms with E-state index in [1.54, 1.807) is 24.3 Å². The molecule has 0 fully saturated rings. The lowest BCUT2D eigenvalue weighted by molar-refractivity contribution is 0.388. The van der Waals surface area contributed by atoms with Crippen molar-refractivity contribution in [1.29, 1.82) is 0 Å².